The fourth-order valence-electron chi connectivity index (χ4n) is 3.91. The first-order chi connectivity index (χ1) is 12.3. The van der Waals surface area contributed by atoms with Crippen LogP contribution in [0.5, 0.6) is 0 Å². The predicted molar refractivity (Wildman–Crippen MR) is 98.2 cm³/mol. The van der Waals surface area contributed by atoms with Crippen LogP contribution < -0.4 is 0 Å². The Kier molecular flexibility index (Phi) is 5.32. The van der Waals surface area contributed by atoms with Crippen LogP contribution in [0.2, 0.25) is 0 Å². The van der Waals surface area contributed by atoms with Gasteiger partial charge in [0, 0.05) is 38.8 Å². The summed E-state index contributed by atoms with van der Waals surface area (Å²) in [7, 11) is 0. The van der Waals surface area contributed by atoms with E-state index >= 15 is 0 Å². The van der Waals surface area contributed by atoms with Crippen molar-refractivity contribution in [2.45, 2.75) is 45.6 Å². The predicted octanol–water partition coefficient (Wildman–Crippen LogP) is 1.70. The average molecular weight is 359 g/mol. The summed E-state index contributed by atoms with van der Waals surface area (Å²) in [6, 6.07) is 3.82. The molecule has 1 aromatic heterocycles. The highest BCUT2D eigenvalue weighted by molar-refractivity contribution is 5.89. The minimum atomic E-state index is -0.973. The summed E-state index contributed by atoms with van der Waals surface area (Å²) in [6.45, 7) is 8.35. The highest BCUT2D eigenvalue weighted by atomic mass is 16.3. The topological polar surface area (TPSA) is 73.7 Å². The van der Waals surface area contributed by atoms with Gasteiger partial charge < -0.3 is 14.9 Å². The minimum Gasteiger partial charge on any atom is -0.383 e. The number of hydrogen-bond donors (Lipinski definition) is 1. The normalized spacial score (nSPS) is 23.0. The summed E-state index contributed by atoms with van der Waals surface area (Å²) in [4.78, 5) is 32.9. The Balaban J connectivity index is 1.59. The summed E-state index contributed by atoms with van der Waals surface area (Å²) >= 11 is 0. The summed E-state index contributed by atoms with van der Waals surface area (Å²) in [6.07, 6.45) is 3.03. The quantitative estimate of drug-likeness (QED) is 0.888. The second-order valence-electron chi connectivity index (χ2n) is 8.17. The number of likely N-dealkylation sites (tertiary alicyclic amines) is 2. The molecule has 2 aliphatic rings. The number of nitrogens with zero attached hydrogens (tertiary/aromatic N) is 3. The van der Waals surface area contributed by atoms with E-state index in [0.29, 0.717) is 57.1 Å². The fourth-order valence-corrected chi connectivity index (χ4v) is 3.91. The van der Waals surface area contributed by atoms with Gasteiger partial charge in [0.1, 0.15) is 5.60 Å². The third-order valence-electron chi connectivity index (χ3n) is 5.44. The van der Waals surface area contributed by atoms with Crippen LogP contribution in [0.4, 0.5) is 0 Å². The van der Waals surface area contributed by atoms with Gasteiger partial charge in [0.15, 0.2) is 0 Å². The molecule has 26 heavy (non-hydrogen) atoms. The highest BCUT2D eigenvalue weighted by Gasteiger charge is 2.41. The summed E-state index contributed by atoms with van der Waals surface area (Å²) in [5.74, 6) is 0.280. The van der Waals surface area contributed by atoms with Gasteiger partial charge in [0.2, 0.25) is 11.8 Å². The van der Waals surface area contributed by atoms with Crippen molar-refractivity contribution in [2.24, 2.45) is 11.8 Å². The number of hydrogen-bond acceptors (Lipinski definition) is 4. The molecule has 3 rings (SSSR count). The zero-order chi connectivity index (χ0) is 18.9. The standard InChI is InChI=1S/C20H29N3O3/c1-14(2)12-23-13-16(10-18(23)24)19(25)22-8-6-20(26,7-9-22)17-5-4-15(3)11-21-17/h4-5,11,14,16,26H,6-10,12-13H2,1-3H3. The van der Waals surface area contributed by atoms with Gasteiger partial charge in [-0.1, -0.05) is 19.9 Å². The molecule has 1 N–H and O–H groups in total. The smallest absolute Gasteiger partial charge is 0.227 e. The van der Waals surface area contributed by atoms with Crippen LogP contribution in [0.1, 0.15) is 44.4 Å². The molecule has 0 aliphatic carbocycles. The Morgan fingerprint density at radius 3 is 2.62 bits per heavy atom. The Morgan fingerprint density at radius 2 is 2.04 bits per heavy atom. The van der Waals surface area contributed by atoms with E-state index in [4.69, 9.17) is 0 Å². The summed E-state index contributed by atoms with van der Waals surface area (Å²) < 4.78 is 0. The molecule has 142 valence electrons. The fraction of sp³-hybridized carbons (Fsp3) is 0.650. The lowest BCUT2D eigenvalue weighted by atomic mass is 9.87. The average Bonchev–Trinajstić information content (AvgIpc) is 2.95. The monoisotopic (exact) mass is 359 g/mol. The molecule has 1 unspecified atom stereocenters. The largest absolute Gasteiger partial charge is 0.383 e. The molecule has 6 heteroatoms. The van der Waals surface area contributed by atoms with Crippen LogP contribution in [-0.4, -0.2) is 57.9 Å². The maximum absolute atomic E-state index is 12.8. The maximum atomic E-state index is 12.8. The lowest BCUT2D eigenvalue weighted by molar-refractivity contribution is -0.140. The van der Waals surface area contributed by atoms with Gasteiger partial charge in [0.05, 0.1) is 11.6 Å². The summed E-state index contributed by atoms with van der Waals surface area (Å²) in [5.41, 5.74) is 0.760. The molecule has 3 heterocycles. The zero-order valence-electron chi connectivity index (χ0n) is 15.9. The van der Waals surface area contributed by atoms with E-state index in [-0.39, 0.29) is 17.7 Å². The first-order valence-corrected chi connectivity index (χ1v) is 9.50. The van der Waals surface area contributed by atoms with E-state index in [9.17, 15) is 14.7 Å². The van der Waals surface area contributed by atoms with E-state index in [1.54, 1.807) is 11.1 Å². The molecule has 2 amide bonds. The van der Waals surface area contributed by atoms with Crippen LogP contribution >= 0.6 is 0 Å². The third kappa shape index (κ3) is 3.90. The first-order valence-electron chi connectivity index (χ1n) is 9.50. The Hall–Kier alpha value is -1.95. The molecule has 1 atom stereocenters. The number of piperidine rings is 1. The Labute approximate surface area is 155 Å². The van der Waals surface area contributed by atoms with Crippen LogP contribution in [0.15, 0.2) is 18.3 Å². The lowest BCUT2D eigenvalue weighted by Crippen LogP contribution is -2.47. The van der Waals surface area contributed by atoms with Gasteiger partial charge in [-0.25, -0.2) is 0 Å². The lowest BCUT2D eigenvalue weighted by Gasteiger charge is -2.38. The molecule has 0 saturated carbocycles. The van der Waals surface area contributed by atoms with Crippen molar-refractivity contribution in [3.8, 4) is 0 Å². The van der Waals surface area contributed by atoms with Crippen molar-refractivity contribution in [1.82, 2.24) is 14.8 Å². The van der Waals surface area contributed by atoms with Gasteiger partial charge in [0.25, 0.3) is 0 Å². The number of aromatic nitrogens is 1. The second-order valence-corrected chi connectivity index (χ2v) is 8.17. The van der Waals surface area contributed by atoms with Crippen LogP contribution in [-0.2, 0) is 15.2 Å². The number of amides is 2. The number of pyridine rings is 1. The Morgan fingerprint density at radius 1 is 1.35 bits per heavy atom. The molecular formula is C20H29N3O3. The van der Waals surface area contributed by atoms with E-state index in [0.717, 1.165) is 5.56 Å². The molecule has 6 nitrogen and oxygen atoms in total. The van der Waals surface area contributed by atoms with E-state index in [1.807, 2.05) is 24.0 Å². The van der Waals surface area contributed by atoms with Crippen molar-refractivity contribution in [3.05, 3.63) is 29.6 Å². The van der Waals surface area contributed by atoms with E-state index < -0.39 is 5.60 Å². The van der Waals surface area contributed by atoms with Gasteiger partial charge in [-0.2, -0.15) is 0 Å². The first kappa shape index (κ1) is 18.8. The van der Waals surface area contributed by atoms with Crippen LogP contribution in [0.25, 0.3) is 0 Å². The Bertz CT molecular complexity index is 663. The van der Waals surface area contributed by atoms with Gasteiger partial charge in [-0.3, -0.25) is 14.6 Å². The summed E-state index contributed by atoms with van der Waals surface area (Å²) in [5, 5.41) is 10.9. The molecule has 2 aliphatic heterocycles. The molecule has 0 bridgehead atoms. The zero-order valence-corrected chi connectivity index (χ0v) is 15.9. The molecule has 1 aromatic rings. The van der Waals surface area contributed by atoms with Crippen LogP contribution in [0, 0.1) is 18.8 Å². The molecule has 0 aromatic carbocycles. The molecular weight excluding hydrogens is 330 g/mol. The SMILES string of the molecule is Cc1ccc(C2(O)CCN(C(=O)C3CC(=O)N(CC(C)C)C3)CC2)nc1. The van der Waals surface area contributed by atoms with Crippen LogP contribution in [0.3, 0.4) is 0 Å². The van der Waals surface area contributed by atoms with Crippen molar-refractivity contribution in [2.75, 3.05) is 26.2 Å². The van der Waals surface area contributed by atoms with E-state index in [2.05, 4.69) is 18.8 Å². The van der Waals surface area contributed by atoms with Crippen molar-refractivity contribution in [1.29, 1.82) is 0 Å². The molecule has 2 fully saturated rings. The number of carbonyl (C=O) groups excluding carboxylic acids is 2. The third-order valence-corrected chi connectivity index (χ3v) is 5.44. The number of rotatable bonds is 4. The van der Waals surface area contributed by atoms with Gasteiger partial charge in [-0.15, -0.1) is 0 Å². The molecule has 0 spiro atoms. The maximum Gasteiger partial charge on any atom is 0.227 e. The minimum absolute atomic E-state index is 0.0449. The molecule has 0 radical (unpaired) electrons. The van der Waals surface area contributed by atoms with Crippen molar-refractivity contribution < 1.29 is 14.7 Å². The highest BCUT2D eigenvalue weighted by Crippen LogP contribution is 2.33. The molecule has 2 saturated heterocycles. The number of aryl methyl sites for hydroxylation is 1. The van der Waals surface area contributed by atoms with Crippen molar-refractivity contribution in [3.63, 3.8) is 0 Å². The van der Waals surface area contributed by atoms with E-state index in [1.165, 1.54) is 0 Å². The van der Waals surface area contributed by atoms with Gasteiger partial charge in [-0.05, 0) is 37.3 Å². The van der Waals surface area contributed by atoms with Crippen molar-refractivity contribution >= 4 is 11.8 Å². The van der Waals surface area contributed by atoms with Gasteiger partial charge >= 0.3 is 0 Å². The number of carbonyl (C=O) groups is 2. The second kappa shape index (κ2) is 7.35. The number of aliphatic hydroxyl groups is 1.